The van der Waals surface area contributed by atoms with E-state index in [0.29, 0.717) is 19.3 Å². The molecule has 0 aliphatic heterocycles. The van der Waals surface area contributed by atoms with E-state index < -0.39 is 6.10 Å². The molecule has 0 N–H and O–H groups in total. The number of allylic oxidation sites excluding steroid dienone is 18. The summed E-state index contributed by atoms with van der Waals surface area (Å²) in [7, 11) is 0. The summed E-state index contributed by atoms with van der Waals surface area (Å²) >= 11 is 0. The number of unbranched alkanes of at least 4 members (excludes halogenated alkanes) is 35. The minimum absolute atomic E-state index is 0.104. The maximum Gasteiger partial charge on any atom is 0.306 e. The first kappa shape index (κ1) is 79.1. The van der Waals surface area contributed by atoms with Gasteiger partial charge in [0, 0.05) is 19.3 Å². The van der Waals surface area contributed by atoms with Gasteiger partial charge in [-0.25, -0.2) is 0 Å². The molecule has 0 radical (unpaired) electrons. The van der Waals surface area contributed by atoms with Crippen LogP contribution in [0.4, 0.5) is 0 Å². The molecule has 6 nitrogen and oxygen atoms in total. The zero-order chi connectivity index (χ0) is 59.9. The SMILES string of the molecule is CC/C=C\C/C=C\C/C=C\C/C=C\C/C=C\C/C=C\C/C=C\CCCC(=O)OC(COC(=O)CCCCCCC/C=C\C/C=C\CCC)COC(=O)CCCCCCCCCCCCCCCCCCCCCCCCCCCCCCC. The van der Waals surface area contributed by atoms with Crippen LogP contribution in [0.2, 0.25) is 0 Å². The second kappa shape index (κ2) is 70.6. The maximum absolute atomic E-state index is 12.9. The second-order valence-electron chi connectivity index (χ2n) is 23.4. The van der Waals surface area contributed by atoms with Gasteiger partial charge < -0.3 is 14.2 Å². The van der Waals surface area contributed by atoms with Gasteiger partial charge in [-0.05, 0) is 96.3 Å². The van der Waals surface area contributed by atoms with Crippen LogP contribution in [0, 0.1) is 0 Å². The molecule has 0 rings (SSSR count). The van der Waals surface area contributed by atoms with Gasteiger partial charge in [-0.2, -0.15) is 0 Å². The van der Waals surface area contributed by atoms with E-state index in [1.165, 1.54) is 173 Å². The van der Waals surface area contributed by atoms with Crippen molar-refractivity contribution in [2.75, 3.05) is 13.2 Å². The minimum Gasteiger partial charge on any atom is -0.462 e. The van der Waals surface area contributed by atoms with E-state index in [1.807, 2.05) is 0 Å². The fraction of sp³-hybridized carbons (Fsp3) is 0.727. The molecule has 0 aromatic rings. The Bertz CT molecular complexity index is 1660. The largest absolute Gasteiger partial charge is 0.462 e. The molecule has 0 spiro atoms. The van der Waals surface area contributed by atoms with E-state index in [4.69, 9.17) is 14.2 Å². The molecule has 1 atom stereocenters. The van der Waals surface area contributed by atoms with Crippen LogP contribution < -0.4 is 0 Å². The quantitative estimate of drug-likeness (QED) is 0.0261. The number of carbonyl (C=O) groups is 3. The molecule has 0 saturated carbocycles. The van der Waals surface area contributed by atoms with Gasteiger partial charge in [-0.1, -0.05) is 336 Å². The number of carbonyl (C=O) groups excluding carboxylic acids is 3. The van der Waals surface area contributed by atoms with Crippen molar-refractivity contribution in [3.8, 4) is 0 Å². The number of ether oxygens (including phenoxy) is 3. The van der Waals surface area contributed by atoms with Crippen molar-refractivity contribution in [3.63, 3.8) is 0 Å². The van der Waals surface area contributed by atoms with E-state index in [1.54, 1.807) is 0 Å². The van der Waals surface area contributed by atoms with Crippen molar-refractivity contribution < 1.29 is 28.6 Å². The summed E-state index contributed by atoms with van der Waals surface area (Å²) in [6.45, 7) is 6.44. The first-order valence-electron chi connectivity index (χ1n) is 35.4. The number of hydrogen-bond donors (Lipinski definition) is 0. The number of rotatable bonds is 64. The summed E-state index contributed by atoms with van der Waals surface area (Å²) in [5.41, 5.74) is 0. The molecule has 0 aromatic heterocycles. The average Bonchev–Trinajstić information content (AvgIpc) is 3.49. The molecule has 0 saturated heterocycles. The minimum atomic E-state index is -0.817. The van der Waals surface area contributed by atoms with Gasteiger partial charge in [-0.3, -0.25) is 14.4 Å². The Morgan fingerprint density at radius 1 is 0.253 bits per heavy atom. The number of esters is 3. The molecular weight excluding hydrogens is 1020 g/mol. The van der Waals surface area contributed by atoms with Crippen LogP contribution in [0.15, 0.2) is 109 Å². The summed E-state index contributed by atoms with van der Waals surface area (Å²) in [6, 6.07) is 0. The van der Waals surface area contributed by atoms with Crippen LogP contribution >= 0.6 is 0 Å². The third kappa shape index (κ3) is 68.7. The summed E-state index contributed by atoms with van der Waals surface area (Å²) in [5, 5.41) is 0. The summed E-state index contributed by atoms with van der Waals surface area (Å²) in [6.07, 6.45) is 97.1. The third-order valence-electron chi connectivity index (χ3n) is 15.2. The summed E-state index contributed by atoms with van der Waals surface area (Å²) < 4.78 is 16.9. The van der Waals surface area contributed by atoms with E-state index in [-0.39, 0.29) is 37.5 Å². The fourth-order valence-corrected chi connectivity index (χ4v) is 10.0. The molecule has 0 amide bonds. The highest BCUT2D eigenvalue weighted by Gasteiger charge is 2.19. The lowest BCUT2D eigenvalue weighted by Gasteiger charge is -2.18. The molecule has 0 fully saturated rings. The van der Waals surface area contributed by atoms with E-state index in [9.17, 15) is 14.4 Å². The van der Waals surface area contributed by atoms with Gasteiger partial charge >= 0.3 is 17.9 Å². The van der Waals surface area contributed by atoms with Crippen molar-refractivity contribution in [3.05, 3.63) is 109 Å². The monoisotopic (exact) mass is 1150 g/mol. The average molecular weight is 1150 g/mol. The van der Waals surface area contributed by atoms with Crippen LogP contribution in [-0.2, 0) is 28.6 Å². The van der Waals surface area contributed by atoms with Crippen LogP contribution in [-0.4, -0.2) is 37.2 Å². The second-order valence-corrected chi connectivity index (χ2v) is 23.4. The van der Waals surface area contributed by atoms with Crippen molar-refractivity contribution in [1.82, 2.24) is 0 Å². The first-order chi connectivity index (χ1) is 41.0. The van der Waals surface area contributed by atoms with Crippen LogP contribution in [0.25, 0.3) is 0 Å². The topological polar surface area (TPSA) is 78.9 Å². The van der Waals surface area contributed by atoms with Crippen LogP contribution in [0.3, 0.4) is 0 Å². The molecule has 6 heteroatoms. The highest BCUT2D eigenvalue weighted by molar-refractivity contribution is 5.71. The zero-order valence-electron chi connectivity index (χ0n) is 54.7. The smallest absolute Gasteiger partial charge is 0.306 e. The van der Waals surface area contributed by atoms with Crippen LogP contribution in [0.1, 0.15) is 342 Å². The molecule has 83 heavy (non-hydrogen) atoms. The maximum atomic E-state index is 12.9. The Hall–Kier alpha value is -3.93. The highest BCUT2D eigenvalue weighted by atomic mass is 16.6. The lowest BCUT2D eigenvalue weighted by atomic mass is 10.0. The fourth-order valence-electron chi connectivity index (χ4n) is 10.0. The summed E-state index contributed by atoms with van der Waals surface area (Å²) in [5.74, 6) is -0.968. The zero-order valence-corrected chi connectivity index (χ0v) is 54.7. The molecule has 0 bridgehead atoms. The van der Waals surface area contributed by atoms with Crippen molar-refractivity contribution in [2.24, 2.45) is 0 Å². The van der Waals surface area contributed by atoms with Gasteiger partial charge in [0.15, 0.2) is 6.10 Å². The van der Waals surface area contributed by atoms with E-state index in [2.05, 4.69) is 130 Å². The number of hydrogen-bond acceptors (Lipinski definition) is 6. The predicted octanol–water partition coefficient (Wildman–Crippen LogP) is 24.6. The van der Waals surface area contributed by atoms with Crippen molar-refractivity contribution in [2.45, 2.75) is 348 Å². The van der Waals surface area contributed by atoms with Crippen LogP contribution in [0.5, 0.6) is 0 Å². The van der Waals surface area contributed by atoms with Gasteiger partial charge in [0.1, 0.15) is 13.2 Å². The van der Waals surface area contributed by atoms with Gasteiger partial charge in [0.2, 0.25) is 0 Å². The molecule has 0 aliphatic rings. The molecule has 0 aromatic carbocycles. The Morgan fingerprint density at radius 3 is 0.819 bits per heavy atom. The Labute approximate surface area is 514 Å². The van der Waals surface area contributed by atoms with Crippen molar-refractivity contribution in [1.29, 1.82) is 0 Å². The van der Waals surface area contributed by atoms with Gasteiger partial charge in [0.25, 0.3) is 0 Å². The predicted molar refractivity (Wildman–Crippen MR) is 362 cm³/mol. The molecule has 0 aliphatic carbocycles. The normalized spacial score (nSPS) is 12.8. The summed E-state index contributed by atoms with van der Waals surface area (Å²) in [4.78, 5) is 38.4. The molecule has 1 unspecified atom stereocenters. The molecule has 0 heterocycles. The lowest BCUT2D eigenvalue weighted by Crippen LogP contribution is -2.30. The Kier molecular flexibility index (Phi) is 67.2. The van der Waals surface area contributed by atoms with E-state index in [0.717, 1.165) is 122 Å². The highest BCUT2D eigenvalue weighted by Crippen LogP contribution is 2.18. The van der Waals surface area contributed by atoms with E-state index >= 15 is 0 Å². The standard InChI is InChI=1S/C77H132O6/c1-4-7-10-13-16-19-22-25-27-29-31-33-35-36-37-38-39-40-42-43-45-47-49-52-55-58-61-64-67-70-76(79)82-73-74(72-81-75(78)69-66-63-60-57-54-51-24-21-18-15-12-9-6-3)83-77(80)71-68-65-62-59-56-53-50-48-46-44-41-34-32-30-28-26-23-20-17-14-11-8-5-2/h8,11-12,15,17,20-21,24,26,28,32,34,44,46,50,53,59,62,74H,4-7,9-10,13-14,16,18-19,22-23,25,27,29-31,33,35-43,45,47-49,51-52,54-58,60-61,63-73H2,1-3H3/b11-8-,15-12-,20-17-,24-21-,28-26-,34-32-,46-44-,53-50-,62-59-. The first-order valence-corrected chi connectivity index (χ1v) is 35.4. The van der Waals surface area contributed by atoms with Gasteiger partial charge in [0.05, 0.1) is 0 Å². The van der Waals surface area contributed by atoms with Gasteiger partial charge in [-0.15, -0.1) is 0 Å². The molecular formula is C77H132O6. The lowest BCUT2D eigenvalue weighted by molar-refractivity contribution is -0.167. The molecule has 476 valence electrons. The van der Waals surface area contributed by atoms with Crippen molar-refractivity contribution >= 4 is 17.9 Å². The Morgan fingerprint density at radius 2 is 0.506 bits per heavy atom. The third-order valence-corrected chi connectivity index (χ3v) is 15.2. The Balaban J connectivity index is 4.32.